The van der Waals surface area contributed by atoms with E-state index >= 15 is 0 Å². The Morgan fingerprint density at radius 3 is 1.05 bits per heavy atom. The average molecular weight is 1460 g/mol. The first-order chi connectivity index (χ1) is 52.9. The number of anilines is 6. The zero-order chi connectivity index (χ0) is 78.6. The minimum Gasteiger partial charge on any atom is -0.452 e. The molecule has 0 N–H and O–H groups in total. The Morgan fingerprint density at radius 2 is 0.607 bits per heavy atom. The number of fused-ring (bicyclic) bond motifs is 13. The van der Waals surface area contributed by atoms with Crippen molar-refractivity contribution in [1.29, 1.82) is 0 Å². The standard InChI is InChI=1S/C107H106N4O/c1-101(2,3)70-39-46-87-83(57-70)84-58-71(102(4,5)6)40-47-88(84)108(87)77-43-45-82-94(63-77)111(92-37-29-35-80-79-34-28-36-91(99(79)112-100(80)92)110-89-48-41-72(103(7,8)9)59-85(89)86-60-73(104(10,11)12)42-49-90(86)110)96-62-76(107(19,20)21)61-95-98(96)97(82)81-44-38-66(69-51-74(105(13,14)15)56-75(52-69)106(16,17)18)55-93(81)109(95)78-53-67(64-30-24-22-25-31-64)50-68(54-78)65-32-26-23-27-33-65/h22-63,97H,1-21H3. The second-order valence-electron chi connectivity index (χ2n) is 39.6. The highest BCUT2D eigenvalue weighted by Gasteiger charge is 2.44. The largest absolute Gasteiger partial charge is 0.452 e. The predicted molar refractivity (Wildman–Crippen MR) is 480 cm³/mol. The van der Waals surface area contributed by atoms with E-state index in [0.29, 0.717) is 0 Å². The van der Waals surface area contributed by atoms with Crippen LogP contribution >= 0.6 is 0 Å². The van der Waals surface area contributed by atoms with E-state index in [1.54, 1.807) is 0 Å². The summed E-state index contributed by atoms with van der Waals surface area (Å²) in [5.41, 5.74) is 34.2. The topological polar surface area (TPSA) is 29.5 Å². The number of benzene rings is 13. The molecule has 2 aliphatic rings. The van der Waals surface area contributed by atoms with Gasteiger partial charge in [-0.1, -0.05) is 291 Å². The van der Waals surface area contributed by atoms with Crippen LogP contribution in [0.3, 0.4) is 0 Å². The number of aromatic nitrogens is 2. The van der Waals surface area contributed by atoms with E-state index < -0.39 is 0 Å². The highest BCUT2D eigenvalue weighted by atomic mass is 16.3. The summed E-state index contributed by atoms with van der Waals surface area (Å²) in [5.74, 6) is -0.215. The summed E-state index contributed by atoms with van der Waals surface area (Å²) in [4.78, 5) is 5.28. The molecular weight excluding hydrogens is 1360 g/mol. The molecule has 1 atom stereocenters. The van der Waals surface area contributed by atoms with Crippen LogP contribution < -0.4 is 9.80 Å². The molecule has 18 rings (SSSR count). The van der Waals surface area contributed by atoms with Gasteiger partial charge in [-0.15, -0.1) is 0 Å². The molecule has 0 saturated carbocycles. The summed E-state index contributed by atoms with van der Waals surface area (Å²) in [5, 5.41) is 7.13. The molecule has 112 heavy (non-hydrogen) atoms. The summed E-state index contributed by atoms with van der Waals surface area (Å²) < 4.78 is 13.0. The molecule has 0 spiro atoms. The van der Waals surface area contributed by atoms with Gasteiger partial charge in [0.1, 0.15) is 0 Å². The van der Waals surface area contributed by atoms with Crippen molar-refractivity contribution in [3.8, 4) is 44.8 Å². The normalized spacial score (nSPS) is 14.3. The highest BCUT2D eigenvalue weighted by Crippen LogP contribution is 2.63. The molecule has 3 aromatic heterocycles. The van der Waals surface area contributed by atoms with Gasteiger partial charge < -0.3 is 23.4 Å². The van der Waals surface area contributed by atoms with Gasteiger partial charge in [0, 0.05) is 55.2 Å². The van der Waals surface area contributed by atoms with Crippen molar-refractivity contribution in [2.75, 3.05) is 9.80 Å². The second kappa shape index (κ2) is 25.2. The van der Waals surface area contributed by atoms with Crippen molar-refractivity contribution < 1.29 is 4.42 Å². The van der Waals surface area contributed by atoms with E-state index in [-0.39, 0.29) is 43.8 Å². The van der Waals surface area contributed by atoms with E-state index in [0.717, 1.165) is 101 Å². The first-order valence-corrected chi connectivity index (χ1v) is 40.6. The lowest BCUT2D eigenvalue weighted by Crippen LogP contribution is -2.30. The van der Waals surface area contributed by atoms with Crippen LogP contribution in [0.2, 0.25) is 0 Å². The van der Waals surface area contributed by atoms with Gasteiger partial charge in [0.15, 0.2) is 11.2 Å². The van der Waals surface area contributed by atoms with E-state index in [2.05, 4.69) is 419 Å². The molecule has 0 aliphatic carbocycles. The molecule has 1 unspecified atom stereocenters. The van der Waals surface area contributed by atoms with Crippen LogP contribution in [0, 0.1) is 0 Å². The molecule has 0 radical (unpaired) electrons. The number of hydrogen-bond acceptors (Lipinski definition) is 3. The van der Waals surface area contributed by atoms with Gasteiger partial charge >= 0.3 is 0 Å². The fraction of sp³-hybridized carbons (Fsp3) is 0.271. The van der Waals surface area contributed by atoms with Gasteiger partial charge in [-0.2, -0.15) is 0 Å². The van der Waals surface area contributed by atoms with Gasteiger partial charge in [0.2, 0.25) is 0 Å². The fourth-order valence-corrected chi connectivity index (χ4v) is 17.9. The van der Waals surface area contributed by atoms with Crippen molar-refractivity contribution in [2.24, 2.45) is 0 Å². The van der Waals surface area contributed by atoms with Crippen molar-refractivity contribution in [2.45, 2.75) is 189 Å². The van der Waals surface area contributed by atoms with Crippen molar-refractivity contribution in [1.82, 2.24) is 9.13 Å². The SMILES string of the molecule is CC(C)(C)c1cc(-c2ccc3c(c2)N(c2cc(-c4ccccc4)cc(-c4ccccc4)c2)c2cc(C(C)(C)C)cc4c2C3c2ccc(-n3c5ccc(C(C)(C)C)cc5c5cc(C(C)(C)C)ccc53)cc2N4c2cccc3c2oc2c(-n4c5ccc(C(C)(C)C)cc5c5cc(C(C)(C)C)ccc54)cccc23)cc(C(C)(C)C)c1. The Bertz CT molecular complexity index is 6300. The molecule has 5 heteroatoms. The molecule has 0 bridgehead atoms. The minimum atomic E-state index is -0.314. The fourth-order valence-electron chi connectivity index (χ4n) is 17.9. The van der Waals surface area contributed by atoms with Gasteiger partial charge in [-0.3, -0.25) is 0 Å². The maximum absolute atomic E-state index is 7.96. The summed E-state index contributed by atoms with van der Waals surface area (Å²) in [7, 11) is 0. The van der Waals surface area contributed by atoms with Crippen molar-refractivity contribution in [3.63, 3.8) is 0 Å². The number of nitrogens with zero attached hydrogens (tertiary/aromatic N) is 4. The quantitative estimate of drug-likeness (QED) is 0.159. The summed E-state index contributed by atoms with van der Waals surface area (Å²) in [6.07, 6.45) is 0. The van der Waals surface area contributed by atoms with Crippen LogP contribution in [0.4, 0.5) is 34.1 Å². The maximum Gasteiger partial charge on any atom is 0.159 e. The minimum absolute atomic E-state index is 0.0465. The lowest BCUT2D eigenvalue weighted by atomic mass is 9.73. The number of hydrogen-bond donors (Lipinski definition) is 0. The average Bonchev–Trinajstić information content (AvgIpc) is 0.824. The Kier molecular flexibility index (Phi) is 16.3. The molecule has 2 aliphatic heterocycles. The zero-order valence-corrected chi connectivity index (χ0v) is 69.5. The van der Waals surface area contributed by atoms with E-state index in [4.69, 9.17) is 4.42 Å². The first kappa shape index (κ1) is 72.4. The number of furan rings is 1. The molecular formula is C107H106N4O. The predicted octanol–water partition coefficient (Wildman–Crippen LogP) is 30.6. The van der Waals surface area contributed by atoms with Crippen LogP contribution in [-0.4, -0.2) is 9.13 Å². The second-order valence-corrected chi connectivity index (χ2v) is 39.6. The van der Waals surface area contributed by atoms with Gasteiger partial charge in [0.05, 0.1) is 56.2 Å². The summed E-state index contributed by atoms with van der Waals surface area (Å²) in [6.45, 7) is 49.2. The van der Waals surface area contributed by atoms with Crippen LogP contribution in [0.5, 0.6) is 0 Å². The van der Waals surface area contributed by atoms with Crippen molar-refractivity contribution >= 4 is 99.7 Å². The molecule has 13 aromatic carbocycles. The molecule has 5 heterocycles. The van der Waals surface area contributed by atoms with E-state index in [1.165, 1.54) is 99.3 Å². The molecule has 0 amide bonds. The third-order valence-corrected chi connectivity index (χ3v) is 24.5. The summed E-state index contributed by atoms with van der Waals surface area (Å²) >= 11 is 0. The van der Waals surface area contributed by atoms with Gasteiger partial charge in [0.25, 0.3) is 0 Å². The lowest BCUT2D eigenvalue weighted by molar-refractivity contribution is 0.569. The zero-order valence-electron chi connectivity index (χ0n) is 69.5. The highest BCUT2D eigenvalue weighted by molar-refractivity contribution is 6.16. The van der Waals surface area contributed by atoms with Crippen molar-refractivity contribution in [3.05, 3.63) is 310 Å². The Hall–Kier alpha value is -11.1. The van der Waals surface area contributed by atoms with Crippen LogP contribution in [-0.2, 0) is 37.9 Å². The smallest absolute Gasteiger partial charge is 0.159 e. The van der Waals surface area contributed by atoms with E-state index in [1.807, 2.05) is 0 Å². The van der Waals surface area contributed by atoms with Crippen LogP contribution in [0.1, 0.15) is 207 Å². The third-order valence-electron chi connectivity index (χ3n) is 24.5. The monoisotopic (exact) mass is 1460 g/mol. The molecule has 16 aromatic rings. The van der Waals surface area contributed by atoms with Crippen LogP contribution in [0.15, 0.2) is 259 Å². The van der Waals surface area contributed by atoms with Crippen LogP contribution in [0.25, 0.3) is 110 Å². The summed E-state index contributed by atoms with van der Waals surface area (Å²) in [6, 6.07) is 99.0. The Balaban J connectivity index is 0.961. The number of rotatable bonds is 7. The molecule has 560 valence electrons. The van der Waals surface area contributed by atoms with Gasteiger partial charge in [-0.05, 0) is 231 Å². The molecule has 0 saturated heterocycles. The maximum atomic E-state index is 7.96. The molecule has 5 nitrogen and oxygen atoms in total. The number of para-hydroxylation sites is 2. The lowest BCUT2D eigenvalue weighted by Gasteiger charge is -2.46. The van der Waals surface area contributed by atoms with E-state index in [9.17, 15) is 0 Å². The van der Waals surface area contributed by atoms with Gasteiger partial charge in [-0.25, -0.2) is 0 Å². The first-order valence-electron chi connectivity index (χ1n) is 40.6. The Morgan fingerprint density at radius 1 is 0.223 bits per heavy atom. The third kappa shape index (κ3) is 12.0. The Labute approximate surface area is 663 Å². The molecule has 0 fully saturated rings.